The zero-order valence-electron chi connectivity index (χ0n) is 12.5. The molecule has 0 aromatic heterocycles. The molecule has 3 rings (SSSR count). The van der Waals surface area contributed by atoms with E-state index in [0.29, 0.717) is 13.2 Å². The van der Waals surface area contributed by atoms with Crippen molar-refractivity contribution in [3.63, 3.8) is 0 Å². The Morgan fingerprint density at radius 2 is 2.05 bits per heavy atom. The Labute approximate surface area is 126 Å². The summed E-state index contributed by atoms with van der Waals surface area (Å²) in [5, 5.41) is 0. The van der Waals surface area contributed by atoms with Crippen LogP contribution >= 0.6 is 0 Å². The van der Waals surface area contributed by atoms with E-state index < -0.39 is 0 Å². The quantitative estimate of drug-likeness (QED) is 0.916. The highest BCUT2D eigenvalue weighted by Crippen LogP contribution is 2.34. The second-order valence-electron chi connectivity index (χ2n) is 5.50. The highest BCUT2D eigenvalue weighted by Gasteiger charge is 2.26. The van der Waals surface area contributed by atoms with Crippen molar-refractivity contribution in [1.82, 2.24) is 0 Å². The minimum absolute atomic E-state index is 0.227. The molecule has 21 heavy (non-hydrogen) atoms. The van der Waals surface area contributed by atoms with E-state index in [4.69, 9.17) is 10.5 Å². The van der Waals surface area contributed by atoms with Crippen molar-refractivity contribution in [3.05, 3.63) is 65.2 Å². The molecule has 3 heteroatoms. The average molecular weight is 282 g/mol. The summed E-state index contributed by atoms with van der Waals surface area (Å²) < 4.78 is 5.23. The fourth-order valence-corrected chi connectivity index (χ4v) is 3.19. The molecule has 0 saturated heterocycles. The highest BCUT2D eigenvalue weighted by atomic mass is 16.5. The molecule has 2 aromatic carbocycles. The van der Waals surface area contributed by atoms with Crippen LogP contribution in [0.1, 0.15) is 22.7 Å². The fraction of sp³-hybridized carbons (Fsp3) is 0.333. The van der Waals surface area contributed by atoms with Crippen molar-refractivity contribution in [2.75, 3.05) is 25.1 Å². The molecule has 3 nitrogen and oxygen atoms in total. The Kier molecular flexibility index (Phi) is 4.23. The maximum atomic E-state index is 6.09. The normalized spacial score (nSPS) is 15.0. The van der Waals surface area contributed by atoms with Crippen LogP contribution in [0.3, 0.4) is 0 Å². The van der Waals surface area contributed by atoms with Gasteiger partial charge in [-0.3, -0.25) is 0 Å². The number of nitrogens with two attached hydrogens (primary N) is 1. The van der Waals surface area contributed by atoms with Crippen LogP contribution in [0.2, 0.25) is 0 Å². The molecule has 1 aliphatic heterocycles. The molecule has 2 N–H and O–H groups in total. The molecular weight excluding hydrogens is 260 g/mol. The number of anilines is 1. The number of hydrogen-bond acceptors (Lipinski definition) is 3. The summed E-state index contributed by atoms with van der Waals surface area (Å²) in [4.78, 5) is 2.43. The van der Waals surface area contributed by atoms with Gasteiger partial charge in [-0.25, -0.2) is 0 Å². The van der Waals surface area contributed by atoms with E-state index in [1.165, 1.54) is 22.4 Å². The molecule has 1 unspecified atom stereocenters. The van der Waals surface area contributed by atoms with Crippen LogP contribution in [0, 0.1) is 0 Å². The zero-order valence-corrected chi connectivity index (χ0v) is 12.5. The molecular formula is C18H22N2O. The average Bonchev–Trinajstić information content (AvgIpc) is 2.93. The summed E-state index contributed by atoms with van der Waals surface area (Å²) in [6, 6.07) is 17.4. The fourth-order valence-electron chi connectivity index (χ4n) is 3.19. The summed E-state index contributed by atoms with van der Waals surface area (Å²) in [5.41, 5.74) is 11.3. The van der Waals surface area contributed by atoms with Gasteiger partial charge in [0, 0.05) is 25.9 Å². The molecule has 1 aliphatic rings. The van der Waals surface area contributed by atoms with Gasteiger partial charge in [0.05, 0.1) is 12.6 Å². The van der Waals surface area contributed by atoms with Crippen LogP contribution in [-0.2, 0) is 17.8 Å². The first-order valence-electron chi connectivity index (χ1n) is 7.46. The van der Waals surface area contributed by atoms with Crippen LogP contribution in [0.25, 0.3) is 0 Å². The molecule has 0 aliphatic carbocycles. The highest BCUT2D eigenvalue weighted by molar-refractivity contribution is 5.59. The summed E-state index contributed by atoms with van der Waals surface area (Å²) in [7, 11) is 1.73. The van der Waals surface area contributed by atoms with Crippen LogP contribution < -0.4 is 10.6 Å². The van der Waals surface area contributed by atoms with Crippen LogP contribution in [0.5, 0.6) is 0 Å². The van der Waals surface area contributed by atoms with E-state index >= 15 is 0 Å². The third-order valence-corrected chi connectivity index (χ3v) is 4.17. The van der Waals surface area contributed by atoms with E-state index in [0.717, 1.165) is 13.0 Å². The Bertz CT molecular complexity index is 612. The van der Waals surface area contributed by atoms with E-state index in [1.54, 1.807) is 7.11 Å². The summed E-state index contributed by atoms with van der Waals surface area (Å²) in [6.07, 6.45) is 1.10. The van der Waals surface area contributed by atoms with Crippen molar-refractivity contribution in [3.8, 4) is 0 Å². The lowest BCUT2D eigenvalue weighted by Crippen LogP contribution is -2.32. The predicted octanol–water partition coefficient (Wildman–Crippen LogP) is 2.90. The first kappa shape index (κ1) is 14.1. The van der Waals surface area contributed by atoms with Crippen molar-refractivity contribution < 1.29 is 4.74 Å². The molecule has 2 aromatic rings. The molecule has 0 radical (unpaired) electrons. The Balaban J connectivity index is 1.91. The van der Waals surface area contributed by atoms with E-state index in [1.807, 2.05) is 0 Å². The SMILES string of the molecule is COCc1cccc(C(CN)N2CCc3ccccc32)c1. The molecule has 110 valence electrons. The number of ether oxygens (including phenoxy) is 1. The van der Waals surface area contributed by atoms with Gasteiger partial charge < -0.3 is 15.4 Å². The number of fused-ring (bicyclic) bond motifs is 1. The molecule has 0 bridgehead atoms. The summed E-state index contributed by atoms with van der Waals surface area (Å²) in [6.45, 7) is 2.29. The molecule has 0 saturated carbocycles. The van der Waals surface area contributed by atoms with Gasteiger partial charge in [0.1, 0.15) is 0 Å². The van der Waals surface area contributed by atoms with Crippen molar-refractivity contribution in [2.45, 2.75) is 19.1 Å². The molecule has 0 spiro atoms. The van der Waals surface area contributed by atoms with Gasteiger partial charge in [-0.15, -0.1) is 0 Å². The minimum atomic E-state index is 0.227. The number of methoxy groups -OCH3 is 1. The number of hydrogen-bond donors (Lipinski definition) is 1. The second-order valence-corrected chi connectivity index (χ2v) is 5.50. The van der Waals surface area contributed by atoms with Gasteiger partial charge in [0.2, 0.25) is 0 Å². The maximum Gasteiger partial charge on any atom is 0.0713 e. The lowest BCUT2D eigenvalue weighted by atomic mass is 10.0. The van der Waals surface area contributed by atoms with Crippen LogP contribution in [0.15, 0.2) is 48.5 Å². The lowest BCUT2D eigenvalue weighted by molar-refractivity contribution is 0.185. The molecule has 0 amide bonds. The standard InChI is InChI=1S/C18H22N2O/c1-21-13-14-5-4-7-16(11-14)18(12-19)20-10-9-15-6-2-3-8-17(15)20/h2-8,11,18H,9-10,12-13,19H2,1H3. The number of benzene rings is 2. The van der Waals surface area contributed by atoms with Gasteiger partial charge in [0.25, 0.3) is 0 Å². The van der Waals surface area contributed by atoms with Gasteiger partial charge in [-0.1, -0.05) is 42.5 Å². The van der Waals surface area contributed by atoms with Crippen LogP contribution in [-0.4, -0.2) is 20.2 Å². The number of para-hydroxylation sites is 1. The second kappa shape index (κ2) is 6.29. The topological polar surface area (TPSA) is 38.5 Å². The van der Waals surface area contributed by atoms with E-state index in [9.17, 15) is 0 Å². The van der Waals surface area contributed by atoms with Gasteiger partial charge >= 0.3 is 0 Å². The van der Waals surface area contributed by atoms with Crippen molar-refractivity contribution in [1.29, 1.82) is 0 Å². The van der Waals surface area contributed by atoms with Gasteiger partial charge in [0.15, 0.2) is 0 Å². The van der Waals surface area contributed by atoms with Crippen molar-refractivity contribution in [2.24, 2.45) is 5.73 Å². The third kappa shape index (κ3) is 2.80. The third-order valence-electron chi connectivity index (χ3n) is 4.17. The lowest BCUT2D eigenvalue weighted by Gasteiger charge is -2.30. The smallest absolute Gasteiger partial charge is 0.0713 e. The van der Waals surface area contributed by atoms with E-state index in [-0.39, 0.29) is 6.04 Å². The summed E-state index contributed by atoms with van der Waals surface area (Å²) in [5.74, 6) is 0. The first-order chi connectivity index (χ1) is 10.3. The van der Waals surface area contributed by atoms with Crippen molar-refractivity contribution >= 4 is 5.69 Å². The number of rotatable bonds is 5. The van der Waals surface area contributed by atoms with Gasteiger partial charge in [-0.2, -0.15) is 0 Å². The van der Waals surface area contributed by atoms with Gasteiger partial charge in [-0.05, 0) is 29.2 Å². The minimum Gasteiger partial charge on any atom is -0.380 e. The summed E-state index contributed by atoms with van der Waals surface area (Å²) >= 11 is 0. The Morgan fingerprint density at radius 1 is 1.19 bits per heavy atom. The zero-order chi connectivity index (χ0) is 14.7. The monoisotopic (exact) mass is 282 g/mol. The molecule has 1 atom stereocenters. The Hall–Kier alpha value is -1.84. The predicted molar refractivity (Wildman–Crippen MR) is 86.4 cm³/mol. The van der Waals surface area contributed by atoms with Crippen LogP contribution in [0.4, 0.5) is 5.69 Å². The molecule has 0 fully saturated rings. The maximum absolute atomic E-state index is 6.09. The van der Waals surface area contributed by atoms with E-state index in [2.05, 4.69) is 53.4 Å². The Morgan fingerprint density at radius 3 is 2.86 bits per heavy atom. The first-order valence-corrected chi connectivity index (χ1v) is 7.46. The number of nitrogens with zero attached hydrogens (tertiary/aromatic N) is 1. The largest absolute Gasteiger partial charge is 0.380 e. The molecule has 1 heterocycles.